The smallest absolute Gasteiger partial charge is 0.236 e. The quantitative estimate of drug-likeness (QED) is 0.272. The van der Waals surface area contributed by atoms with Crippen molar-refractivity contribution in [2.24, 2.45) is 0 Å². The van der Waals surface area contributed by atoms with Crippen LogP contribution >= 0.6 is 0 Å². The molecule has 0 radical (unpaired) electrons. The zero-order valence-electron chi connectivity index (χ0n) is 19.7. The summed E-state index contributed by atoms with van der Waals surface area (Å²) >= 11 is 0. The van der Waals surface area contributed by atoms with E-state index in [1.165, 1.54) is 0 Å². The third kappa shape index (κ3) is 12.2. The van der Waals surface area contributed by atoms with Crippen LogP contribution in [0, 0.1) is 5.95 Å². The van der Waals surface area contributed by atoms with E-state index in [0.29, 0.717) is 65.4 Å². The monoisotopic (exact) mass is 495 g/mol. The van der Waals surface area contributed by atoms with Gasteiger partial charge in [-0.05, 0) is 0 Å². The molecule has 0 spiro atoms. The lowest BCUT2D eigenvalue weighted by atomic mass is 10.4. The van der Waals surface area contributed by atoms with Gasteiger partial charge in [-0.3, -0.25) is 4.90 Å². The zero-order valence-corrected chi connectivity index (χ0v) is 20.5. The van der Waals surface area contributed by atoms with E-state index in [9.17, 15) is 12.8 Å². The maximum absolute atomic E-state index is 14.4. The van der Waals surface area contributed by atoms with Gasteiger partial charge in [-0.2, -0.15) is 4.39 Å². The van der Waals surface area contributed by atoms with Crippen LogP contribution in [0.1, 0.15) is 19.5 Å². The molecule has 1 N–H and O–H groups in total. The van der Waals surface area contributed by atoms with E-state index in [0.717, 1.165) is 11.2 Å². The first-order valence-corrected chi connectivity index (χ1v) is 13.2. The molecule has 0 atom stereocenters. The highest BCUT2D eigenvalue weighted by Gasteiger charge is 2.24. The van der Waals surface area contributed by atoms with Crippen LogP contribution in [0.15, 0.2) is 0 Å². The maximum atomic E-state index is 14.4. The molecule has 1 aliphatic heterocycles. The molecule has 192 valence electrons. The van der Waals surface area contributed by atoms with Crippen molar-refractivity contribution in [1.29, 1.82) is 0 Å². The zero-order chi connectivity index (χ0) is 23.9. The summed E-state index contributed by atoms with van der Waals surface area (Å²) in [4.78, 5) is 1.87. The van der Waals surface area contributed by atoms with Crippen molar-refractivity contribution in [3.8, 4) is 0 Å². The third-order valence-corrected chi connectivity index (χ3v) is 6.52. The molecule has 0 aliphatic carbocycles. The first-order valence-electron chi connectivity index (χ1n) is 11.4. The summed E-state index contributed by atoms with van der Waals surface area (Å²) < 4.78 is 60.3. The lowest BCUT2D eigenvalue weighted by Crippen LogP contribution is -2.39. The van der Waals surface area contributed by atoms with Crippen molar-refractivity contribution in [3.63, 3.8) is 0 Å². The summed E-state index contributed by atoms with van der Waals surface area (Å²) in [6, 6.07) is 0.461. The fourth-order valence-corrected chi connectivity index (χ4v) is 4.31. The second kappa shape index (κ2) is 15.6. The topological polar surface area (TPSA) is 117 Å². The molecule has 33 heavy (non-hydrogen) atoms. The minimum absolute atomic E-state index is 0.0929. The summed E-state index contributed by atoms with van der Waals surface area (Å²) in [6.45, 7) is 10.1. The van der Waals surface area contributed by atoms with E-state index in [4.69, 9.17) is 18.9 Å². The average Bonchev–Trinajstić information content (AvgIpc) is 3.11. The van der Waals surface area contributed by atoms with Gasteiger partial charge in [0.25, 0.3) is 0 Å². The van der Waals surface area contributed by atoms with Gasteiger partial charge in [0.1, 0.15) is 5.69 Å². The van der Waals surface area contributed by atoms with Crippen molar-refractivity contribution >= 4 is 9.84 Å². The number of nitrogens with one attached hydrogen (secondary N) is 1. The molecule has 11 nitrogen and oxygen atoms in total. The van der Waals surface area contributed by atoms with Crippen molar-refractivity contribution in [2.75, 3.05) is 84.0 Å². The van der Waals surface area contributed by atoms with Crippen LogP contribution in [0.2, 0.25) is 0 Å². The van der Waals surface area contributed by atoms with E-state index in [1.54, 1.807) is 0 Å². The average molecular weight is 496 g/mol. The largest absolute Gasteiger partial charge is 0.378 e. The summed E-state index contributed by atoms with van der Waals surface area (Å²) in [5, 5.41) is 11.0. The SMILES string of the molecule is CC(C)NCCOCCOCCOCCOCCn1nnc(CN2CCS(=O)(=O)CC2)c1F. The van der Waals surface area contributed by atoms with Gasteiger partial charge in [0, 0.05) is 32.2 Å². The fraction of sp³-hybridized carbons (Fsp3) is 0.900. The molecule has 2 rings (SSSR count). The Morgan fingerprint density at radius 1 is 0.939 bits per heavy atom. The van der Waals surface area contributed by atoms with E-state index in [2.05, 4.69) is 29.5 Å². The number of nitrogens with zero attached hydrogens (tertiary/aromatic N) is 4. The first-order chi connectivity index (χ1) is 15.9. The van der Waals surface area contributed by atoms with Crippen LogP contribution in [0.25, 0.3) is 0 Å². The predicted octanol–water partition coefficient (Wildman–Crippen LogP) is -0.288. The Morgan fingerprint density at radius 2 is 1.48 bits per heavy atom. The molecule has 1 aromatic heterocycles. The molecule has 1 saturated heterocycles. The molecule has 0 unspecified atom stereocenters. The number of hydrogen-bond acceptors (Lipinski definition) is 10. The van der Waals surface area contributed by atoms with Crippen LogP contribution in [-0.2, 0) is 41.9 Å². The van der Waals surface area contributed by atoms with E-state index < -0.39 is 15.8 Å². The van der Waals surface area contributed by atoms with Gasteiger partial charge < -0.3 is 24.3 Å². The van der Waals surface area contributed by atoms with E-state index >= 15 is 0 Å². The van der Waals surface area contributed by atoms with Crippen molar-refractivity contribution in [1.82, 2.24) is 25.2 Å². The Hall–Kier alpha value is -1.22. The van der Waals surface area contributed by atoms with Gasteiger partial charge in [-0.15, -0.1) is 5.10 Å². The lowest BCUT2D eigenvalue weighted by Gasteiger charge is -2.25. The molecule has 1 aliphatic rings. The minimum Gasteiger partial charge on any atom is -0.378 e. The molecule has 2 heterocycles. The Morgan fingerprint density at radius 3 is 2.06 bits per heavy atom. The number of sulfone groups is 1. The second-order valence-electron chi connectivity index (χ2n) is 8.04. The fourth-order valence-electron chi connectivity index (χ4n) is 3.03. The van der Waals surface area contributed by atoms with Gasteiger partial charge >= 0.3 is 0 Å². The third-order valence-electron chi connectivity index (χ3n) is 4.91. The number of hydrogen-bond donors (Lipinski definition) is 1. The van der Waals surface area contributed by atoms with Crippen molar-refractivity contribution in [2.45, 2.75) is 33.0 Å². The Labute approximate surface area is 195 Å². The molecule has 1 fully saturated rings. The highest BCUT2D eigenvalue weighted by Crippen LogP contribution is 2.10. The molecule has 0 amide bonds. The van der Waals surface area contributed by atoms with Gasteiger partial charge in [-0.25, -0.2) is 13.1 Å². The van der Waals surface area contributed by atoms with Gasteiger partial charge in [0.05, 0.1) is 70.9 Å². The highest BCUT2D eigenvalue weighted by atomic mass is 32.2. The highest BCUT2D eigenvalue weighted by molar-refractivity contribution is 7.91. The minimum atomic E-state index is -2.96. The van der Waals surface area contributed by atoms with Crippen LogP contribution in [0.5, 0.6) is 0 Å². The van der Waals surface area contributed by atoms with E-state index in [1.807, 2.05) is 4.90 Å². The number of ether oxygens (including phenoxy) is 4. The summed E-state index contributed by atoms with van der Waals surface area (Å²) in [5.41, 5.74) is 0.218. The first kappa shape index (κ1) is 28.0. The van der Waals surface area contributed by atoms with Crippen molar-refractivity contribution < 1.29 is 31.8 Å². The van der Waals surface area contributed by atoms with Crippen LogP contribution in [-0.4, -0.2) is 118 Å². The molecular formula is C20H38FN5O6S. The number of aromatic nitrogens is 3. The molecule has 0 saturated carbocycles. The van der Waals surface area contributed by atoms with Crippen LogP contribution < -0.4 is 5.32 Å². The normalized spacial score (nSPS) is 16.6. The molecule has 1 aromatic rings. The summed E-state index contributed by atoms with van der Waals surface area (Å²) in [5.74, 6) is -0.327. The van der Waals surface area contributed by atoms with Crippen LogP contribution in [0.3, 0.4) is 0 Å². The standard InChI is InChI=1S/C20H38FN5O6S/c1-18(2)22-3-7-29-9-11-31-13-14-32-12-10-30-8-4-26-20(21)19(23-24-26)17-25-5-15-33(27,28)16-6-25/h18,22H,3-17H2,1-2H3. The van der Waals surface area contributed by atoms with Crippen molar-refractivity contribution in [3.05, 3.63) is 11.6 Å². The Balaban J connectivity index is 1.42. The lowest BCUT2D eigenvalue weighted by molar-refractivity contribution is -0.00273. The van der Waals surface area contributed by atoms with E-state index in [-0.39, 0.29) is 36.9 Å². The molecular weight excluding hydrogens is 457 g/mol. The van der Waals surface area contributed by atoms with Crippen LogP contribution in [0.4, 0.5) is 4.39 Å². The molecule has 13 heteroatoms. The summed E-state index contributed by atoms with van der Waals surface area (Å²) in [7, 11) is -2.96. The number of halogens is 1. The molecule has 0 bridgehead atoms. The maximum Gasteiger partial charge on any atom is 0.236 e. The van der Waals surface area contributed by atoms with Gasteiger partial charge in [0.15, 0.2) is 9.84 Å². The number of rotatable bonds is 18. The van der Waals surface area contributed by atoms with Gasteiger partial charge in [-0.1, -0.05) is 19.1 Å². The second-order valence-corrected chi connectivity index (χ2v) is 10.3. The predicted molar refractivity (Wildman–Crippen MR) is 120 cm³/mol. The summed E-state index contributed by atoms with van der Waals surface area (Å²) in [6.07, 6.45) is 0. The van der Waals surface area contributed by atoms with Gasteiger partial charge in [0.2, 0.25) is 5.95 Å². The Kier molecular flexibility index (Phi) is 13.3. The molecule has 0 aromatic carbocycles. The Bertz CT molecular complexity index is 750.